The lowest BCUT2D eigenvalue weighted by Crippen LogP contribution is -2.42. The lowest BCUT2D eigenvalue weighted by Gasteiger charge is -2.22. The molecular formula is C41H51N5O6S2+2. The monoisotopic (exact) mass is 773 g/mol. The minimum absolute atomic E-state index is 0.0256. The first kappa shape index (κ1) is 42.2. The Morgan fingerprint density at radius 2 is 0.944 bits per heavy atom. The molecule has 0 aliphatic rings. The van der Waals surface area contributed by atoms with Crippen LogP contribution in [0.5, 0.6) is 0 Å². The van der Waals surface area contributed by atoms with Gasteiger partial charge in [0.15, 0.2) is 24.8 Å². The van der Waals surface area contributed by atoms with Crippen LogP contribution < -0.4 is 24.3 Å². The Hall–Kier alpha value is -4.50. The van der Waals surface area contributed by atoms with Crippen LogP contribution in [-0.4, -0.2) is 103 Å². The molecule has 0 atom stereocenters. The van der Waals surface area contributed by atoms with Gasteiger partial charge < -0.3 is 35.5 Å². The summed E-state index contributed by atoms with van der Waals surface area (Å²) in [6, 6.07) is 23.7. The lowest BCUT2D eigenvalue weighted by molar-refractivity contribution is -0.684. The molecule has 0 spiro atoms. The van der Waals surface area contributed by atoms with Gasteiger partial charge in [-0.3, -0.25) is 9.59 Å². The zero-order chi connectivity index (χ0) is 38.4. The van der Waals surface area contributed by atoms with Crippen LogP contribution in [0.25, 0.3) is 24.3 Å². The number of benzene rings is 2. The van der Waals surface area contributed by atoms with Gasteiger partial charge in [-0.2, -0.15) is 9.13 Å². The van der Waals surface area contributed by atoms with E-state index in [9.17, 15) is 30.0 Å². The molecule has 0 bridgehead atoms. The van der Waals surface area contributed by atoms with Crippen molar-refractivity contribution in [3.8, 4) is 0 Å². The van der Waals surface area contributed by atoms with Crippen molar-refractivity contribution in [1.29, 1.82) is 0 Å². The number of rotatable bonds is 24. The molecule has 13 heteroatoms. The summed E-state index contributed by atoms with van der Waals surface area (Å²) in [6.45, 7) is 3.01. The smallest absolute Gasteiger partial charge is 0.286 e. The van der Waals surface area contributed by atoms with E-state index in [0.717, 1.165) is 33.6 Å². The summed E-state index contributed by atoms with van der Waals surface area (Å²) in [5.41, 5.74) is 5.98. The van der Waals surface area contributed by atoms with Crippen LogP contribution in [0.2, 0.25) is 0 Å². The summed E-state index contributed by atoms with van der Waals surface area (Å²) < 4.78 is 3.69. The van der Waals surface area contributed by atoms with Crippen LogP contribution in [-0.2, 0) is 22.7 Å². The minimum atomic E-state index is -0.0751. The highest BCUT2D eigenvalue weighted by Crippen LogP contribution is 2.20. The zero-order valence-electron chi connectivity index (χ0n) is 30.5. The largest absolute Gasteiger partial charge is 0.395 e. The van der Waals surface area contributed by atoms with Crippen molar-refractivity contribution in [2.45, 2.75) is 13.1 Å². The van der Waals surface area contributed by atoms with Crippen LogP contribution in [0.3, 0.4) is 0 Å². The van der Waals surface area contributed by atoms with Crippen molar-refractivity contribution in [3.05, 3.63) is 120 Å². The van der Waals surface area contributed by atoms with Crippen LogP contribution in [0.15, 0.2) is 97.6 Å². The van der Waals surface area contributed by atoms with E-state index in [-0.39, 0.29) is 44.7 Å². The fourth-order valence-corrected chi connectivity index (χ4v) is 7.30. The predicted molar refractivity (Wildman–Crippen MR) is 220 cm³/mol. The summed E-state index contributed by atoms with van der Waals surface area (Å²) in [4.78, 5) is 28.9. The van der Waals surface area contributed by atoms with Crippen molar-refractivity contribution < 1.29 is 39.1 Å². The Morgan fingerprint density at radius 3 is 1.35 bits per heavy atom. The SMILES string of the molecule is O=C(CSSCCNC(=O)C[n+]1ccc(/C=C/c2ccc(N(CCO)CCO)cc2)cc1)C[n+]1ccc(/C=C/c2ccc(N(CCO)CCO)cc2)cc1. The molecule has 2 aromatic heterocycles. The fourth-order valence-electron chi connectivity index (χ4n) is 5.44. The number of hydrogen-bond acceptors (Lipinski definition) is 10. The van der Waals surface area contributed by atoms with E-state index in [1.807, 2.05) is 141 Å². The summed E-state index contributed by atoms with van der Waals surface area (Å²) in [7, 11) is 3.06. The van der Waals surface area contributed by atoms with E-state index in [0.29, 0.717) is 50.8 Å². The highest BCUT2D eigenvalue weighted by Gasteiger charge is 2.12. The Kier molecular flexibility index (Phi) is 18.8. The second-order valence-corrected chi connectivity index (χ2v) is 14.9. The van der Waals surface area contributed by atoms with Crippen LogP contribution in [0.4, 0.5) is 11.4 Å². The second-order valence-electron chi connectivity index (χ2n) is 12.3. The Labute approximate surface area is 325 Å². The van der Waals surface area contributed by atoms with Crippen molar-refractivity contribution in [2.24, 2.45) is 0 Å². The van der Waals surface area contributed by atoms with E-state index < -0.39 is 0 Å². The number of nitrogens with zero attached hydrogens (tertiary/aromatic N) is 4. The number of hydrogen-bond donors (Lipinski definition) is 5. The third kappa shape index (κ3) is 15.1. The first-order valence-corrected chi connectivity index (χ1v) is 20.4. The highest BCUT2D eigenvalue weighted by molar-refractivity contribution is 8.76. The molecule has 0 aliphatic carbocycles. The molecule has 54 heavy (non-hydrogen) atoms. The van der Waals surface area contributed by atoms with Gasteiger partial charge in [0.1, 0.15) is 0 Å². The van der Waals surface area contributed by atoms with Gasteiger partial charge in [0, 0.05) is 74.1 Å². The number of amides is 1. The average molecular weight is 774 g/mol. The molecule has 0 radical (unpaired) electrons. The van der Waals surface area contributed by atoms with Crippen LogP contribution in [0, 0.1) is 0 Å². The molecule has 2 heterocycles. The van der Waals surface area contributed by atoms with E-state index in [2.05, 4.69) is 5.32 Å². The Bertz CT molecular complexity index is 1610. The van der Waals surface area contributed by atoms with Gasteiger partial charge in [0.2, 0.25) is 18.9 Å². The summed E-state index contributed by atoms with van der Waals surface area (Å²) >= 11 is 0. The number of ketones is 1. The number of aromatic nitrogens is 2. The van der Waals surface area contributed by atoms with Gasteiger partial charge in [-0.05, 0) is 46.5 Å². The molecule has 286 valence electrons. The third-order valence-electron chi connectivity index (χ3n) is 8.26. The third-order valence-corrected chi connectivity index (χ3v) is 10.6. The zero-order valence-corrected chi connectivity index (χ0v) is 32.1. The molecular weight excluding hydrogens is 723 g/mol. The Balaban J connectivity index is 1.08. The number of carbonyl (C=O) groups is 2. The molecule has 0 aliphatic heterocycles. The number of Topliss-reactive ketones (excluding diaryl/α,β-unsaturated/α-hetero) is 1. The molecule has 0 fully saturated rings. The van der Waals surface area contributed by atoms with Crippen molar-refractivity contribution in [3.63, 3.8) is 0 Å². The van der Waals surface area contributed by atoms with Crippen molar-refractivity contribution >= 4 is 69.0 Å². The summed E-state index contributed by atoms with van der Waals surface area (Å²) in [5.74, 6) is 1.12. The first-order valence-electron chi connectivity index (χ1n) is 17.9. The normalized spacial score (nSPS) is 11.3. The molecule has 5 N–H and O–H groups in total. The van der Waals surface area contributed by atoms with Crippen LogP contribution in [0.1, 0.15) is 22.3 Å². The molecule has 0 saturated carbocycles. The van der Waals surface area contributed by atoms with E-state index in [4.69, 9.17) is 0 Å². The molecule has 2 aromatic carbocycles. The van der Waals surface area contributed by atoms with Crippen molar-refractivity contribution in [1.82, 2.24) is 5.32 Å². The molecule has 0 unspecified atom stereocenters. The minimum Gasteiger partial charge on any atom is -0.395 e. The average Bonchev–Trinajstić information content (AvgIpc) is 3.19. The van der Waals surface area contributed by atoms with Crippen molar-refractivity contribution in [2.75, 3.05) is 80.5 Å². The van der Waals surface area contributed by atoms with Gasteiger partial charge in [-0.25, -0.2) is 0 Å². The van der Waals surface area contributed by atoms with Gasteiger partial charge in [-0.15, -0.1) is 0 Å². The molecule has 11 nitrogen and oxygen atoms in total. The van der Waals surface area contributed by atoms with Gasteiger partial charge in [0.25, 0.3) is 5.91 Å². The maximum atomic E-state index is 12.5. The number of anilines is 2. The van der Waals surface area contributed by atoms with Gasteiger partial charge in [-0.1, -0.05) is 70.2 Å². The number of aliphatic hydroxyl groups excluding tert-OH is 4. The van der Waals surface area contributed by atoms with E-state index >= 15 is 0 Å². The second kappa shape index (κ2) is 24.0. The lowest BCUT2D eigenvalue weighted by atomic mass is 10.1. The number of aliphatic hydroxyl groups is 4. The van der Waals surface area contributed by atoms with E-state index in [1.54, 1.807) is 10.8 Å². The van der Waals surface area contributed by atoms with Crippen LogP contribution >= 0.6 is 21.6 Å². The first-order chi connectivity index (χ1) is 26.4. The maximum Gasteiger partial charge on any atom is 0.286 e. The molecule has 4 rings (SSSR count). The number of pyridine rings is 2. The topological polar surface area (TPSA) is 141 Å². The maximum absolute atomic E-state index is 12.5. The quantitative estimate of drug-likeness (QED) is 0.0411. The highest BCUT2D eigenvalue weighted by atomic mass is 33.1. The van der Waals surface area contributed by atoms with E-state index in [1.165, 1.54) is 10.8 Å². The fraction of sp³-hybridized carbons (Fsp3) is 0.317. The summed E-state index contributed by atoms with van der Waals surface area (Å²) in [5, 5.41) is 40.0. The Morgan fingerprint density at radius 1 is 0.556 bits per heavy atom. The van der Waals surface area contributed by atoms with Gasteiger partial charge >= 0.3 is 0 Å². The number of carbonyl (C=O) groups excluding carboxylic acids is 2. The number of nitrogens with one attached hydrogen (secondary N) is 1. The molecule has 0 saturated heterocycles. The van der Waals surface area contributed by atoms with Gasteiger partial charge in [0.05, 0.1) is 32.2 Å². The molecule has 4 aromatic rings. The summed E-state index contributed by atoms with van der Waals surface area (Å²) in [6.07, 6.45) is 15.6. The predicted octanol–water partition coefficient (Wildman–Crippen LogP) is 2.95. The standard InChI is InChI=1S/C41H50N5O6S2/c47-26-22-45(23-27-48)38-9-5-34(6-10-38)1-3-36-13-18-43(19-14-36)31-40(51)33-54-53-30-17-42-41(52)32-44-20-15-37(16-21-44)4-2-35-7-11-39(12-8-35)46(24-28-49)25-29-50/h1-16,18-21,47-50H,17,22-33H2/q+1/p+1. The molecule has 1 amide bonds.